The van der Waals surface area contributed by atoms with E-state index in [1.807, 2.05) is 32.0 Å². The lowest BCUT2D eigenvalue weighted by molar-refractivity contribution is -0.148. The van der Waals surface area contributed by atoms with E-state index in [1.165, 1.54) is 13.0 Å². The van der Waals surface area contributed by atoms with Crippen LogP contribution in [0.3, 0.4) is 0 Å². The summed E-state index contributed by atoms with van der Waals surface area (Å²) < 4.78 is 32.5. The molecule has 0 aromatic heterocycles. The van der Waals surface area contributed by atoms with Crippen LogP contribution in [0.2, 0.25) is 0 Å². The summed E-state index contributed by atoms with van der Waals surface area (Å²) in [6.45, 7) is 5.39. The van der Waals surface area contributed by atoms with E-state index < -0.39 is 28.0 Å². The van der Waals surface area contributed by atoms with E-state index in [9.17, 15) is 18.0 Å². The van der Waals surface area contributed by atoms with E-state index >= 15 is 0 Å². The van der Waals surface area contributed by atoms with Gasteiger partial charge in [-0.05, 0) is 44.1 Å². The second-order valence-corrected chi connectivity index (χ2v) is 8.37. The van der Waals surface area contributed by atoms with Crippen LogP contribution in [0.15, 0.2) is 46.5 Å². The van der Waals surface area contributed by atoms with Gasteiger partial charge in [-0.15, -0.1) is 4.40 Å². The molecule has 9 heteroatoms. The van der Waals surface area contributed by atoms with Crippen molar-refractivity contribution in [2.45, 2.75) is 26.9 Å². The zero-order chi connectivity index (χ0) is 20.5. The topological polar surface area (TPSA) is 105 Å². The molecule has 0 unspecified atom stereocenters. The van der Waals surface area contributed by atoms with Gasteiger partial charge in [0.05, 0.1) is 5.75 Å². The highest BCUT2D eigenvalue weighted by Gasteiger charge is 2.32. The quantitative estimate of drug-likeness (QED) is 0.767. The number of nitrogens with one attached hydrogen (secondary N) is 1. The summed E-state index contributed by atoms with van der Waals surface area (Å²) in [5.41, 5.74) is 2.45. The summed E-state index contributed by atoms with van der Waals surface area (Å²) in [7, 11) is -3.63. The Bertz CT molecular complexity index is 1000. The van der Waals surface area contributed by atoms with Gasteiger partial charge in [-0.3, -0.25) is 4.79 Å². The fraction of sp³-hybridized carbons (Fsp3) is 0.316. The van der Waals surface area contributed by atoms with Crippen molar-refractivity contribution in [3.63, 3.8) is 0 Å². The summed E-state index contributed by atoms with van der Waals surface area (Å²) in [5.74, 6) is -1.40. The molecule has 0 saturated heterocycles. The lowest BCUT2D eigenvalue weighted by Gasteiger charge is -2.28. The number of hydrogen-bond acceptors (Lipinski definition) is 6. The van der Waals surface area contributed by atoms with Gasteiger partial charge in [0.15, 0.2) is 11.9 Å². The largest absolute Gasteiger partial charge is 0.449 e. The highest BCUT2D eigenvalue weighted by atomic mass is 32.2. The third-order valence-corrected chi connectivity index (χ3v) is 5.61. The Kier molecular flexibility index (Phi) is 5.37. The van der Waals surface area contributed by atoms with E-state index in [1.54, 1.807) is 17.2 Å². The van der Waals surface area contributed by atoms with Crippen molar-refractivity contribution < 1.29 is 22.7 Å². The average molecular weight is 403 g/mol. The lowest BCUT2D eigenvalue weighted by Crippen LogP contribution is -2.41. The number of benzene rings is 1. The SMILES string of the molecule is Cc1cccc(C)c1NC(=O)[C@H](C)OC(=O)C1=CC=CN2CCS(=O)(=O)N=C12. The molecule has 3 rings (SSSR count). The van der Waals surface area contributed by atoms with Crippen LogP contribution in [0.4, 0.5) is 5.69 Å². The number of carbonyl (C=O) groups is 2. The van der Waals surface area contributed by atoms with Crippen LogP contribution >= 0.6 is 0 Å². The molecule has 1 N–H and O–H groups in total. The van der Waals surface area contributed by atoms with Gasteiger partial charge >= 0.3 is 5.97 Å². The van der Waals surface area contributed by atoms with Gasteiger partial charge in [0.1, 0.15) is 5.57 Å². The number of hydrogen-bond donors (Lipinski definition) is 1. The van der Waals surface area contributed by atoms with Crippen LogP contribution < -0.4 is 5.32 Å². The van der Waals surface area contributed by atoms with Gasteiger partial charge in [-0.2, -0.15) is 0 Å². The van der Waals surface area contributed by atoms with Crippen LogP contribution in [-0.2, 0) is 24.3 Å². The second-order valence-electron chi connectivity index (χ2n) is 6.62. The molecule has 2 heterocycles. The molecule has 0 bridgehead atoms. The number of esters is 1. The Morgan fingerprint density at radius 2 is 1.93 bits per heavy atom. The van der Waals surface area contributed by atoms with Gasteiger partial charge < -0.3 is 15.0 Å². The van der Waals surface area contributed by atoms with Crippen molar-refractivity contribution in [1.82, 2.24) is 4.90 Å². The first kappa shape index (κ1) is 19.8. The van der Waals surface area contributed by atoms with Crippen molar-refractivity contribution in [2.24, 2.45) is 4.40 Å². The van der Waals surface area contributed by atoms with Gasteiger partial charge in [-0.1, -0.05) is 18.2 Å². The standard InChI is InChI=1S/C19H21N3O5S/c1-12-6-4-7-13(2)16(12)20-18(23)14(3)27-19(24)15-8-5-9-22-10-11-28(25,26)21-17(15)22/h4-9,14H,10-11H2,1-3H3,(H,20,23)/t14-/m0/s1. The Labute approximate surface area is 163 Å². The first-order valence-electron chi connectivity index (χ1n) is 8.74. The van der Waals surface area contributed by atoms with E-state index in [0.29, 0.717) is 5.69 Å². The van der Waals surface area contributed by atoms with Crippen molar-refractivity contribution in [2.75, 3.05) is 17.6 Å². The van der Waals surface area contributed by atoms with E-state index in [2.05, 4.69) is 9.71 Å². The number of sulfonamides is 1. The molecule has 0 fully saturated rings. The summed E-state index contributed by atoms with van der Waals surface area (Å²) >= 11 is 0. The van der Waals surface area contributed by atoms with Gasteiger partial charge in [0, 0.05) is 18.4 Å². The number of allylic oxidation sites excluding steroid dienone is 2. The smallest absolute Gasteiger partial charge is 0.342 e. The van der Waals surface area contributed by atoms with E-state index in [0.717, 1.165) is 11.1 Å². The average Bonchev–Trinajstić information content (AvgIpc) is 2.63. The fourth-order valence-corrected chi connectivity index (χ4v) is 3.87. The third kappa shape index (κ3) is 4.14. The lowest BCUT2D eigenvalue weighted by atomic mass is 10.1. The van der Waals surface area contributed by atoms with Crippen LogP contribution in [-0.4, -0.2) is 49.4 Å². The first-order valence-corrected chi connectivity index (χ1v) is 10.3. The molecular formula is C19H21N3O5S. The molecule has 0 radical (unpaired) electrons. The maximum absolute atomic E-state index is 12.6. The summed E-state index contributed by atoms with van der Waals surface area (Å²) in [6.07, 6.45) is 3.60. The van der Waals surface area contributed by atoms with Crippen LogP contribution in [0.1, 0.15) is 18.1 Å². The number of anilines is 1. The van der Waals surface area contributed by atoms with Gasteiger partial charge in [0.25, 0.3) is 15.9 Å². The molecule has 8 nitrogen and oxygen atoms in total. The van der Waals surface area contributed by atoms with Gasteiger partial charge in [0.2, 0.25) is 0 Å². The van der Waals surface area contributed by atoms with Crippen LogP contribution in [0.5, 0.6) is 0 Å². The molecule has 1 amide bonds. The predicted molar refractivity (Wildman–Crippen MR) is 105 cm³/mol. The number of ether oxygens (including phenoxy) is 1. The van der Waals surface area contributed by atoms with Crippen molar-refractivity contribution in [3.05, 3.63) is 53.3 Å². The van der Waals surface area contributed by atoms with E-state index in [4.69, 9.17) is 4.74 Å². The molecule has 2 aliphatic rings. The maximum Gasteiger partial charge on any atom is 0.342 e. The Balaban J connectivity index is 1.73. The van der Waals surface area contributed by atoms with Crippen LogP contribution in [0, 0.1) is 13.8 Å². The number of amidine groups is 1. The van der Waals surface area contributed by atoms with E-state index in [-0.39, 0.29) is 23.7 Å². The third-order valence-electron chi connectivity index (χ3n) is 4.46. The Hall–Kier alpha value is -2.94. The highest BCUT2D eigenvalue weighted by molar-refractivity contribution is 7.90. The number of para-hydroxylation sites is 1. The zero-order valence-corrected chi connectivity index (χ0v) is 16.6. The highest BCUT2D eigenvalue weighted by Crippen LogP contribution is 2.21. The normalized spacial score (nSPS) is 18.5. The Morgan fingerprint density at radius 3 is 2.61 bits per heavy atom. The summed E-state index contributed by atoms with van der Waals surface area (Å²) in [5, 5.41) is 2.77. The summed E-state index contributed by atoms with van der Waals surface area (Å²) in [4.78, 5) is 26.6. The number of nitrogens with zero attached hydrogens (tertiary/aromatic N) is 2. The van der Waals surface area contributed by atoms with Crippen molar-refractivity contribution >= 4 is 33.4 Å². The molecule has 0 saturated carbocycles. The van der Waals surface area contributed by atoms with Gasteiger partial charge in [-0.25, -0.2) is 13.2 Å². The Morgan fingerprint density at radius 1 is 1.25 bits per heavy atom. The number of fused-ring (bicyclic) bond motifs is 1. The number of amides is 1. The molecule has 0 spiro atoms. The second kappa shape index (κ2) is 7.59. The monoisotopic (exact) mass is 403 g/mol. The summed E-state index contributed by atoms with van der Waals surface area (Å²) in [6, 6.07) is 5.63. The van der Waals surface area contributed by atoms with Crippen molar-refractivity contribution in [3.8, 4) is 0 Å². The molecule has 1 aromatic rings. The molecule has 1 atom stereocenters. The minimum atomic E-state index is -3.63. The molecule has 28 heavy (non-hydrogen) atoms. The zero-order valence-electron chi connectivity index (χ0n) is 15.8. The fourth-order valence-electron chi connectivity index (χ4n) is 2.89. The van der Waals surface area contributed by atoms with Crippen molar-refractivity contribution in [1.29, 1.82) is 0 Å². The first-order chi connectivity index (χ1) is 13.2. The van der Waals surface area contributed by atoms with Crippen LogP contribution in [0.25, 0.3) is 0 Å². The minimum Gasteiger partial charge on any atom is -0.449 e. The maximum atomic E-state index is 12.6. The number of carbonyl (C=O) groups excluding carboxylic acids is 2. The molecular weight excluding hydrogens is 382 g/mol. The molecule has 0 aliphatic carbocycles. The number of aryl methyl sites for hydroxylation is 2. The molecule has 148 valence electrons. The minimum absolute atomic E-state index is 0.00232. The number of rotatable bonds is 4. The predicted octanol–water partition coefficient (Wildman–Crippen LogP) is 1.67. The molecule has 2 aliphatic heterocycles. The molecule has 1 aromatic carbocycles.